The zero-order valence-corrected chi connectivity index (χ0v) is 18.0. The number of pyridine rings is 1. The van der Waals surface area contributed by atoms with Crippen LogP contribution in [0, 0.1) is 0 Å². The fourth-order valence-electron chi connectivity index (χ4n) is 3.47. The molecule has 7 heteroatoms. The van der Waals surface area contributed by atoms with Gasteiger partial charge in [-0.1, -0.05) is 41.0 Å². The smallest absolute Gasteiger partial charge is 0.262 e. The van der Waals surface area contributed by atoms with E-state index in [2.05, 4.69) is 10.1 Å². The fraction of sp³-hybridized carbons (Fsp3) is 0.0417. The standard InChI is InChI=1S/C24H16ClN3O2S/c1-31-18-11-9-15(10-12-18)22-26-23(30-27-22)21-14-28(17-6-4-5-16(25)13-17)24(29)20-8-3-2-7-19(20)21/h2-14H,1H3. The Labute approximate surface area is 187 Å². The molecule has 0 fully saturated rings. The monoisotopic (exact) mass is 445 g/mol. The molecule has 152 valence electrons. The van der Waals surface area contributed by atoms with Gasteiger partial charge < -0.3 is 4.52 Å². The highest BCUT2D eigenvalue weighted by molar-refractivity contribution is 7.98. The Bertz CT molecular complexity index is 1460. The lowest BCUT2D eigenvalue weighted by molar-refractivity contribution is 0.432. The topological polar surface area (TPSA) is 60.9 Å². The highest BCUT2D eigenvalue weighted by atomic mass is 35.5. The Morgan fingerprint density at radius 3 is 2.48 bits per heavy atom. The molecule has 3 aromatic carbocycles. The van der Waals surface area contributed by atoms with E-state index in [1.54, 1.807) is 40.7 Å². The molecular weight excluding hydrogens is 430 g/mol. The maximum Gasteiger partial charge on any atom is 0.262 e. The van der Waals surface area contributed by atoms with E-state index in [-0.39, 0.29) is 5.56 Å². The number of thioether (sulfide) groups is 1. The second kappa shape index (κ2) is 8.06. The molecule has 0 saturated carbocycles. The van der Waals surface area contributed by atoms with Crippen LogP contribution in [-0.4, -0.2) is 21.0 Å². The Hall–Kier alpha value is -3.35. The molecule has 0 atom stereocenters. The van der Waals surface area contributed by atoms with Gasteiger partial charge in [-0.15, -0.1) is 11.8 Å². The van der Waals surface area contributed by atoms with Crippen molar-refractivity contribution in [2.75, 3.05) is 6.26 Å². The van der Waals surface area contributed by atoms with Gasteiger partial charge in [0.15, 0.2) is 0 Å². The summed E-state index contributed by atoms with van der Waals surface area (Å²) in [5.74, 6) is 0.836. The average Bonchev–Trinajstić information content (AvgIpc) is 3.30. The van der Waals surface area contributed by atoms with Crippen molar-refractivity contribution in [3.63, 3.8) is 0 Å². The van der Waals surface area contributed by atoms with Crippen molar-refractivity contribution >= 4 is 34.1 Å². The molecule has 2 heterocycles. The third kappa shape index (κ3) is 3.65. The summed E-state index contributed by atoms with van der Waals surface area (Å²) >= 11 is 7.83. The summed E-state index contributed by atoms with van der Waals surface area (Å²) in [5.41, 5.74) is 2.06. The van der Waals surface area contributed by atoms with Crippen LogP contribution in [0.15, 0.2) is 93.2 Å². The van der Waals surface area contributed by atoms with Crippen LogP contribution in [0.2, 0.25) is 5.02 Å². The molecule has 0 aliphatic heterocycles. The lowest BCUT2D eigenvalue weighted by atomic mass is 10.1. The largest absolute Gasteiger partial charge is 0.334 e. The molecule has 0 unspecified atom stereocenters. The first-order valence-corrected chi connectivity index (χ1v) is 11.1. The van der Waals surface area contributed by atoms with Crippen LogP contribution < -0.4 is 5.56 Å². The van der Waals surface area contributed by atoms with E-state index in [4.69, 9.17) is 16.1 Å². The molecule has 2 aromatic heterocycles. The van der Waals surface area contributed by atoms with Gasteiger partial charge in [-0.05, 0) is 54.8 Å². The van der Waals surface area contributed by atoms with E-state index in [1.807, 2.05) is 60.9 Å². The molecule has 0 bridgehead atoms. The number of aromatic nitrogens is 3. The third-order valence-electron chi connectivity index (χ3n) is 5.02. The van der Waals surface area contributed by atoms with Crippen LogP contribution >= 0.6 is 23.4 Å². The number of benzene rings is 3. The summed E-state index contributed by atoms with van der Waals surface area (Å²) in [7, 11) is 0. The Balaban J connectivity index is 1.69. The number of nitrogens with zero attached hydrogens (tertiary/aromatic N) is 3. The molecule has 5 aromatic rings. The molecule has 5 nitrogen and oxygen atoms in total. The molecule has 0 N–H and O–H groups in total. The van der Waals surface area contributed by atoms with E-state index < -0.39 is 0 Å². The molecule has 5 rings (SSSR count). The zero-order valence-electron chi connectivity index (χ0n) is 16.4. The highest BCUT2D eigenvalue weighted by Crippen LogP contribution is 2.29. The van der Waals surface area contributed by atoms with E-state index in [1.165, 1.54) is 0 Å². The Morgan fingerprint density at radius 1 is 0.968 bits per heavy atom. The van der Waals surface area contributed by atoms with Crippen molar-refractivity contribution in [3.8, 4) is 28.5 Å². The first kappa shape index (κ1) is 19.6. The minimum absolute atomic E-state index is 0.144. The van der Waals surface area contributed by atoms with Crippen LogP contribution in [0.25, 0.3) is 39.3 Å². The van der Waals surface area contributed by atoms with Gasteiger partial charge in [-0.2, -0.15) is 4.98 Å². The van der Waals surface area contributed by atoms with Crippen molar-refractivity contribution in [3.05, 3.63) is 94.4 Å². The second-order valence-corrected chi connectivity index (χ2v) is 8.21. The van der Waals surface area contributed by atoms with E-state index in [0.717, 1.165) is 15.8 Å². The minimum Gasteiger partial charge on any atom is -0.334 e. The average molecular weight is 446 g/mol. The van der Waals surface area contributed by atoms with Crippen LogP contribution in [0.4, 0.5) is 0 Å². The normalized spacial score (nSPS) is 11.2. The molecule has 0 amide bonds. The predicted octanol–water partition coefficient (Wildman–Crippen LogP) is 6.08. The van der Waals surface area contributed by atoms with Gasteiger partial charge >= 0.3 is 0 Å². The van der Waals surface area contributed by atoms with Gasteiger partial charge in [0, 0.05) is 32.5 Å². The first-order valence-electron chi connectivity index (χ1n) is 9.53. The zero-order chi connectivity index (χ0) is 21.4. The number of hydrogen-bond acceptors (Lipinski definition) is 5. The van der Waals surface area contributed by atoms with Gasteiger partial charge in [-0.25, -0.2) is 0 Å². The van der Waals surface area contributed by atoms with Gasteiger partial charge in [0.1, 0.15) is 0 Å². The van der Waals surface area contributed by atoms with Crippen molar-refractivity contribution in [2.24, 2.45) is 0 Å². The molecule has 0 aliphatic rings. The minimum atomic E-state index is -0.144. The van der Waals surface area contributed by atoms with Gasteiger partial charge in [0.05, 0.1) is 11.3 Å². The van der Waals surface area contributed by atoms with Crippen molar-refractivity contribution in [1.82, 2.24) is 14.7 Å². The Morgan fingerprint density at radius 2 is 1.74 bits per heavy atom. The highest BCUT2D eigenvalue weighted by Gasteiger charge is 2.17. The Kier molecular flexibility index (Phi) is 5.10. The number of hydrogen-bond donors (Lipinski definition) is 0. The van der Waals surface area contributed by atoms with E-state index in [9.17, 15) is 4.79 Å². The maximum atomic E-state index is 13.2. The molecule has 0 radical (unpaired) electrons. The van der Waals surface area contributed by atoms with Gasteiger partial charge in [0.25, 0.3) is 11.4 Å². The maximum absolute atomic E-state index is 13.2. The van der Waals surface area contributed by atoms with Crippen LogP contribution in [0.1, 0.15) is 0 Å². The number of rotatable bonds is 4. The third-order valence-corrected chi connectivity index (χ3v) is 5.99. The van der Waals surface area contributed by atoms with Crippen LogP contribution in [-0.2, 0) is 0 Å². The lowest BCUT2D eigenvalue weighted by Gasteiger charge is -2.10. The molecular formula is C24H16ClN3O2S. The summed E-state index contributed by atoms with van der Waals surface area (Å²) in [6.07, 6.45) is 3.76. The summed E-state index contributed by atoms with van der Waals surface area (Å²) < 4.78 is 7.17. The summed E-state index contributed by atoms with van der Waals surface area (Å²) in [4.78, 5) is 18.9. The van der Waals surface area contributed by atoms with Crippen molar-refractivity contribution in [2.45, 2.75) is 4.90 Å². The SMILES string of the molecule is CSc1ccc(-c2noc(-c3cn(-c4cccc(Cl)c4)c(=O)c4ccccc34)n2)cc1. The fourth-order valence-corrected chi connectivity index (χ4v) is 4.06. The van der Waals surface area contributed by atoms with Crippen molar-refractivity contribution in [1.29, 1.82) is 0 Å². The van der Waals surface area contributed by atoms with E-state index >= 15 is 0 Å². The second-order valence-electron chi connectivity index (χ2n) is 6.90. The van der Waals surface area contributed by atoms with Crippen LogP contribution in [0.3, 0.4) is 0 Å². The predicted molar refractivity (Wildman–Crippen MR) is 125 cm³/mol. The quantitative estimate of drug-likeness (QED) is 0.313. The number of fused-ring (bicyclic) bond motifs is 1. The molecule has 0 aliphatic carbocycles. The van der Waals surface area contributed by atoms with E-state index in [0.29, 0.717) is 33.4 Å². The lowest BCUT2D eigenvalue weighted by Crippen LogP contribution is -2.18. The molecule has 31 heavy (non-hydrogen) atoms. The van der Waals surface area contributed by atoms with Crippen LogP contribution in [0.5, 0.6) is 0 Å². The first-order chi connectivity index (χ1) is 15.1. The van der Waals surface area contributed by atoms with Gasteiger partial charge in [0.2, 0.25) is 5.82 Å². The summed E-state index contributed by atoms with van der Waals surface area (Å²) in [6, 6.07) is 22.5. The van der Waals surface area contributed by atoms with Crippen molar-refractivity contribution < 1.29 is 4.52 Å². The molecule has 0 saturated heterocycles. The van der Waals surface area contributed by atoms with Gasteiger partial charge in [-0.3, -0.25) is 9.36 Å². The summed E-state index contributed by atoms with van der Waals surface area (Å²) in [6.45, 7) is 0. The molecule has 0 spiro atoms. The summed E-state index contributed by atoms with van der Waals surface area (Å²) in [5, 5.41) is 6.02. The number of halogens is 1.